The van der Waals surface area contributed by atoms with Crippen LogP contribution >= 0.6 is 0 Å². The average Bonchev–Trinajstić information content (AvgIpc) is 2.51. The van der Waals surface area contributed by atoms with Crippen molar-refractivity contribution >= 4 is 0 Å². The summed E-state index contributed by atoms with van der Waals surface area (Å²) < 4.78 is 11.0. The molecule has 0 saturated carbocycles. The highest BCUT2D eigenvalue weighted by Gasteiger charge is 2.19. The van der Waals surface area contributed by atoms with Crippen LogP contribution in [-0.2, 0) is 11.3 Å². The summed E-state index contributed by atoms with van der Waals surface area (Å²) in [5.74, 6) is 0.864. The van der Waals surface area contributed by atoms with Gasteiger partial charge in [0, 0.05) is 19.1 Å². The molecule has 0 amide bonds. The highest BCUT2D eigenvalue weighted by molar-refractivity contribution is 5.28. The standard InChI is InChI=1S/C19H33NO3/c1-7-15(2)20(13-17(21)14-23-19(3,4)5)12-16-9-8-10-18(11-16)22-6/h8-11,15,17,21H,7,12-14H2,1-6H3/t15-,17-/m1/s1. The van der Waals surface area contributed by atoms with Crippen molar-refractivity contribution in [2.45, 2.75) is 65.3 Å². The van der Waals surface area contributed by atoms with E-state index < -0.39 is 6.10 Å². The van der Waals surface area contributed by atoms with Crippen molar-refractivity contribution in [3.05, 3.63) is 29.8 Å². The van der Waals surface area contributed by atoms with Crippen LogP contribution in [0.2, 0.25) is 0 Å². The maximum absolute atomic E-state index is 10.3. The predicted octanol–water partition coefficient (Wildman–Crippen LogP) is 3.47. The van der Waals surface area contributed by atoms with Gasteiger partial charge < -0.3 is 14.6 Å². The van der Waals surface area contributed by atoms with Gasteiger partial charge in [-0.1, -0.05) is 19.1 Å². The third-order valence-electron chi connectivity index (χ3n) is 3.89. The Morgan fingerprint density at radius 1 is 1.26 bits per heavy atom. The molecule has 0 unspecified atom stereocenters. The molecule has 0 heterocycles. The second-order valence-electron chi connectivity index (χ2n) is 7.12. The fourth-order valence-corrected chi connectivity index (χ4v) is 2.33. The molecule has 1 aromatic carbocycles. The topological polar surface area (TPSA) is 41.9 Å². The molecule has 0 spiro atoms. The van der Waals surface area contributed by atoms with Crippen molar-refractivity contribution in [2.24, 2.45) is 0 Å². The van der Waals surface area contributed by atoms with Crippen LogP contribution in [0, 0.1) is 0 Å². The van der Waals surface area contributed by atoms with Crippen LogP contribution in [0.25, 0.3) is 0 Å². The van der Waals surface area contributed by atoms with Crippen LogP contribution < -0.4 is 4.74 Å². The minimum absolute atomic E-state index is 0.227. The van der Waals surface area contributed by atoms with Crippen LogP contribution in [-0.4, -0.2) is 48.0 Å². The van der Waals surface area contributed by atoms with Crippen molar-refractivity contribution in [1.29, 1.82) is 0 Å². The van der Waals surface area contributed by atoms with E-state index in [4.69, 9.17) is 9.47 Å². The van der Waals surface area contributed by atoms with Gasteiger partial charge in [-0.25, -0.2) is 0 Å². The molecule has 0 aliphatic carbocycles. The minimum atomic E-state index is -0.492. The van der Waals surface area contributed by atoms with Gasteiger partial charge in [0.05, 0.1) is 25.4 Å². The van der Waals surface area contributed by atoms with Crippen molar-refractivity contribution in [3.63, 3.8) is 0 Å². The van der Waals surface area contributed by atoms with Crippen molar-refractivity contribution < 1.29 is 14.6 Å². The largest absolute Gasteiger partial charge is 0.497 e. The third-order valence-corrected chi connectivity index (χ3v) is 3.89. The van der Waals surface area contributed by atoms with Crippen molar-refractivity contribution in [1.82, 2.24) is 4.90 Å². The van der Waals surface area contributed by atoms with E-state index >= 15 is 0 Å². The van der Waals surface area contributed by atoms with Gasteiger partial charge >= 0.3 is 0 Å². The van der Waals surface area contributed by atoms with E-state index in [0.717, 1.165) is 18.7 Å². The number of methoxy groups -OCH3 is 1. The van der Waals surface area contributed by atoms with E-state index in [1.54, 1.807) is 7.11 Å². The third kappa shape index (κ3) is 7.82. The number of aliphatic hydroxyl groups is 1. The molecule has 4 heteroatoms. The second kappa shape index (κ2) is 9.26. The van der Waals surface area contributed by atoms with Crippen LogP contribution in [0.1, 0.15) is 46.6 Å². The zero-order chi connectivity index (χ0) is 17.5. The van der Waals surface area contributed by atoms with E-state index in [-0.39, 0.29) is 5.60 Å². The smallest absolute Gasteiger partial charge is 0.119 e. The van der Waals surface area contributed by atoms with E-state index in [2.05, 4.69) is 24.8 Å². The molecule has 0 fully saturated rings. The molecule has 2 atom stereocenters. The Kier molecular flexibility index (Phi) is 8.03. The first-order valence-corrected chi connectivity index (χ1v) is 8.44. The molecule has 132 valence electrons. The van der Waals surface area contributed by atoms with Gasteiger partial charge in [0.15, 0.2) is 0 Å². The van der Waals surface area contributed by atoms with Gasteiger partial charge in [0.2, 0.25) is 0 Å². The number of rotatable bonds is 9. The highest BCUT2D eigenvalue weighted by atomic mass is 16.5. The summed E-state index contributed by atoms with van der Waals surface area (Å²) in [4.78, 5) is 2.30. The number of ether oxygens (including phenoxy) is 2. The molecule has 1 N–H and O–H groups in total. The molecule has 0 radical (unpaired) electrons. The van der Waals surface area contributed by atoms with Crippen LogP contribution in [0.15, 0.2) is 24.3 Å². The van der Waals surface area contributed by atoms with Crippen molar-refractivity contribution in [2.75, 3.05) is 20.3 Å². The van der Waals surface area contributed by atoms with Crippen LogP contribution in [0.5, 0.6) is 5.75 Å². The summed E-state index contributed by atoms with van der Waals surface area (Å²) in [5, 5.41) is 10.3. The number of hydrogen-bond acceptors (Lipinski definition) is 4. The molecule has 0 aliphatic heterocycles. The molecule has 0 aromatic heterocycles. The molecule has 0 aliphatic rings. The first-order chi connectivity index (χ1) is 10.7. The van der Waals surface area contributed by atoms with Crippen LogP contribution in [0.3, 0.4) is 0 Å². The minimum Gasteiger partial charge on any atom is -0.497 e. The van der Waals surface area contributed by atoms with E-state index in [1.807, 2.05) is 39.0 Å². The summed E-state index contributed by atoms with van der Waals surface area (Å²) in [5.41, 5.74) is 0.961. The SMILES string of the molecule is CC[C@@H](C)N(Cc1cccc(OC)c1)C[C@@H](O)COC(C)(C)C. The second-order valence-corrected chi connectivity index (χ2v) is 7.12. The molecular weight excluding hydrogens is 290 g/mol. The molecule has 1 aromatic rings. The van der Waals surface area contributed by atoms with Gasteiger partial charge in [-0.05, 0) is 51.8 Å². The number of hydrogen-bond donors (Lipinski definition) is 1. The van der Waals surface area contributed by atoms with Gasteiger partial charge in [-0.2, -0.15) is 0 Å². The van der Waals surface area contributed by atoms with Gasteiger partial charge in [-0.3, -0.25) is 4.90 Å². The molecule has 23 heavy (non-hydrogen) atoms. The predicted molar refractivity (Wildman–Crippen MR) is 94.9 cm³/mol. The van der Waals surface area contributed by atoms with E-state index in [9.17, 15) is 5.11 Å². The van der Waals surface area contributed by atoms with Gasteiger partial charge in [0.1, 0.15) is 5.75 Å². The first kappa shape index (κ1) is 19.9. The number of benzene rings is 1. The molecular formula is C19H33NO3. The number of aliphatic hydroxyl groups excluding tert-OH is 1. The van der Waals surface area contributed by atoms with E-state index in [0.29, 0.717) is 19.2 Å². The summed E-state index contributed by atoms with van der Waals surface area (Å²) in [6, 6.07) is 8.49. The Morgan fingerprint density at radius 2 is 1.96 bits per heavy atom. The summed E-state index contributed by atoms with van der Waals surface area (Å²) >= 11 is 0. The first-order valence-electron chi connectivity index (χ1n) is 8.44. The Labute approximate surface area is 141 Å². The van der Waals surface area contributed by atoms with Gasteiger partial charge in [0.25, 0.3) is 0 Å². The maximum Gasteiger partial charge on any atom is 0.119 e. The Balaban J connectivity index is 2.68. The van der Waals surface area contributed by atoms with E-state index in [1.165, 1.54) is 5.56 Å². The lowest BCUT2D eigenvalue weighted by molar-refractivity contribution is -0.0593. The zero-order valence-corrected chi connectivity index (χ0v) is 15.5. The summed E-state index contributed by atoms with van der Waals surface area (Å²) in [6.45, 7) is 12.1. The van der Waals surface area contributed by atoms with Crippen LogP contribution in [0.4, 0.5) is 0 Å². The lowest BCUT2D eigenvalue weighted by Gasteiger charge is -2.31. The summed E-state index contributed by atoms with van der Waals surface area (Å²) in [7, 11) is 1.68. The molecule has 4 nitrogen and oxygen atoms in total. The Hall–Kier alpha value is -1.10. The average molecular weight is 323 g/mol. The fourth-order valence-electron chi connectivity index (χ4n) is 2.33. The monoisotopic (exact) mass is 323 g/mol. The molecule has 0 saturated heterocycles. The van der Waals surface area contributed by atoms with Gasteiger partial charge in [-0.15, -0.1) is 0 Å². The highest BCUT2D eigenvalue weighted by Crippen LogP contribution is 2.17. The Bertz CT molecular complexity index is 456. The lowest BCUT2D eigenvalue weighted by atomic mass is 10.1. The fraction of sp³-hybridized carbons (Fsp3) is 0.684. The quantitative estimate of drug-likeness (QED) is 0.755. The lowest BCUT2D eigenvalue weighted by Crippen LogP contribution is -2.41. The normalized spacial score (nSPS) is 14.8. The number of nitrogens with zero attached hydrogens (tertiary/aromatic N) is 1. The zero-order valence-electron chi connectivity index (χ0n) is 15.5. The molecule has 1 rings (SSSR count). The Morgan fingerprint density at radius 3 is 2.52 bits per heavy atom. The summed E-state index contributed by atoms with van der Waals surface area (Å²) in [6.07, 6.45) is 0.547. The molecule has 0 bridgehead atoms. The van der Waals surface area contributed by atoms with Crippen molar-refractivity contribution in [3.8, 4) is 5.75 Å². The maximum atomic E-state index is 10.3.